The summed E-state index contributed by atoms with van der Waals surface area (Å²) in [5, 5.41) is 8.53. The van der Waals surface area contributed by atoms with Crippen LogP contribution in [-0.2, 0) is 4.74 Å². The molecule has 1 fully saturated rings. The Labute approximate surface area is 43.1 Å². The van der Waals surface area contributed by atoms with Gasteiger partial charge in [-0.3, -0.25) is 0 Å². The Kier molecular flexibility index (Phi) is 1.05. The van der Waals surface area contributed by atoms with Crippen LogP contribution in [0.2, 0.25) is 0 Å². The molecule has 0 aromatic carbocycles. The largest absolute Gasteiger partial charge is 0.393 e. The summed E-state index contributed by atoms with van der Waals surface area (Å²) in [6.45, 7) is 0.184. The van der Waals surface area contributed by atoms with Crippen LogP contribution in [0.5, 0.6) is 0 Å². The predicted molar refractivity (Wildman–Crippen MR) is 26.1 cm³/mol. The van der Waals surface area contributed by atoms with Gasteiger partial charge < -0.3 is 9.84 Å². The van der Waals surface area contributed by atoms with Crippen molar-refractivity contribution in [1.82, 2.24) is 0 Å². The third kappa shape index (κ3) is 0.763. The molecule has 0 unspecified atom stereocenters. The summed E-state index contributed by atoms with van der Waals surface area (Å²) in [5.41, 5.74) is -0.111. The molecule has 1 rings (SSSR count). The van der Waals surface area contributed by atoms with E-state index in [-0.39, 0.29) is 12.2 Å². The fourth-order valence-electron chi connectivity index (χ4n) is 0.566. The zero-order chi connectivity index (χ0) is 5.33. The average molecular weight is 102 g/mol. The molecule has 2 heteroatoms. The summed E-state index contributed by atoms with van der Waals surface area (Å²) < 4.78 is 4.95. The molecule has 0 aromatic rings. The van der Waals surface area contributed by atoms with Crippen molar-refractivity contribution in [2.75, 3.05) is 13.7 Å². The number of methoxy groups -OCH3 is 1. The molecule has 1 saturated carbocycles. The normalized spacial score (nSPS) is 24.9. The first-order valence-electron chi connectivity index (χ1n) is 2.49. The minimum Gasteiger partial charge on any atom is -0.393 e. The Bertz CT molecular complexity index is 60.5. The number of aliphatic hydroxyl groups excluding tert-OH is 1. The zero-order valence-corrected chi connectivity index (χ0v) is 4.48. The van der Waals surface area contributed by atoms with Crippen molar-refractivity contribution in [1.29, 1.82) is 0 Å². The predicted octanol–water partition coefficient (Wildman–Crippen LogP) is 0.158. The molecule has 0 amide bonds. The number of aliphatic hydroxyl groups is 1. The van der Waals surface area contributed by atoms with Gasteiger partial charge in [0.25, 0.3) is 0 Å². The summed E-state index contributed by atoms with van der Waals surface area (Å²) in [5.74, 6) is 0. The van der Waals surface area contributed by atoms with Gasteiger partial charge in [0.15, 0.2) is 0 Å². The van der Waals surface area contributed by atoms with Crippen LogP contribution in [0.3, 0.4) is 0 Å². The van der Waals surface area contributed by atoms with Crippen LogP contribution >= 0.6 is 0 Å². The average Bonchev–Trinajstić information content (AvgIpc) is 2.46. The smallest absolute Gasteiger partial charge is 0.0910 e. The van der Waals surface area contributed by atoms with E-state index in [0.717, 1.165) is 12.8 Å². The van der Waals surface area contributed by atoms with Crippen molar-refractivity contribution in [3.63, 3.8) is 0 Å². The fourth-order valence-corrected chi connectivity index (χ4v) is 0.566. The molecule has 2 nitrogen and oxygen atoms in total. The lowest BCUT2D eigenvalue weighted by molar-refractivity contribution is 0.0281. The standard InChI is InChI=1S/C5H10O2/c1-7-5(4-6)2-3-5/h6H,2-4H2,1H3. The first-order chi connectivity index (χ1) is 3.33. The van der Waals surface area contributed by atoms with Gasteiger partial charge in [-0.2, -0.15) is 0 Å². The van der Waals surface area contributed by atoms with Crippen molar-refractivity contribution in [3.8, 4) is 0 Å². The highest BCUT2D eigenvalue weighted by atomic mass is 16.5. The number of rotatable bonds is 2. The van der Waals surface area contributed by atoms with Crippen molar-refractivity contribution in [2.24, 2.45) is 0 Å². The second-order valence-corrected chi connectivity index (χ2v) is 2.05. The number of hydrogen-bond donors (Lipinski definition) is 1. The van der Waals surface area contributed by atoms with Crippen LogP contribution < -0.4 is 0 Å². The lowest BCUT2D eigenvalue weighted by Gasteiger charge is -2.05. The lowest BCUT2D eigenvalue weighted by Crippen LogP contribution is -2.15. The first-order valence-corrected chi connectivity index (χ1v) is 2.49. The molecule has 0 bridgehead atoms. The summed E-state index contributed by atoms with van der Waals surface area (Å²) in [6, 6.07) is 0. The molecule has 1 aliphatic carbocycles. The highest BCUT2D eigenvalue weighted by Crippen LogP contribution is 2.37. The van der Waals surface area contributed by atoms with Crippen molar-refractivity contribution in [2.45, 2.75) is 18.4 Å². The molecule has 0 saturated heterocycles. The molecule has 0 heterocycles. The van der Waals surface area contributed by atoms with Crippen molar-refractivity contribution >= 4 is 0 Å². The molecule has 0 spiro atoms. The maximum Gasteiger partial charge on any atom is 0.0910 e. The zero-order valence-electron chi connectivity index (χ0n) is 4.48. The van der Waals surface area contributed by atoms with Gasteiger partial charge in [0.05, 0.1) is 12.2 Å². The topological polar surface area (TPSA) is 29.5 Å². The first kappa shape index (κ1) is 5.06. The fraction of sp³-hybridized carbons (Fsp3) is 1.00. The molecule has 1 N–H and O–H groups in total. The van der Waals surface area contributed by atoms with Gasteiger partial charge in [-0.1, -0.05) is 0 Å². The van der Waals surface area contributed by atoms with Gasteiger partial charge in [0.1, 0.15) is 0 Å². The van der Waals surface area contributed by atoms with Crippen LogP contribution in [0.15, 0.2) is 0 Å². The van der Waals surface area contributed by atoms with Gasteiger partial charge in [0, 0.05) is 7.11 Å². The number of ether oxygens (including phenoxy) is 1. The van der Waals surface area contributed by atoms with Gasteiger partial charge >= 0.3 is 0 Å². The van der Waals surface area contributed by atoms with Gasteiger partial charge in [0.2, 0.25) is 0 Å². The van der Waals surface area contributed by atoms with Gasteiger partial charge in [-0.05, 0) is 12.8 Å². The Morgan fingerprint density at radius 2 is 2.29 bits per heavy atom. The second-order valence-electron chi connectivity index (χ2n) is 2.05. The quantitative estimate of drug-likeness (QED) is 0.538. The highest BCUT2D eigenvalue weighted by Gasteiger charge is 2.42. The Hall–Kier alpha value is -0.0800. The minimum absolute atomic E-state index is 0.111. The lowest BCUT2D eigenvalue weighted by atomic mass is 10.4. The molecule has 7 heavy (non-hydrogen) atoms. The molecule has 1 aliphatic rings. The summed E-state index contributed by atoms with van der Waals surface area (Å²) >= 11 is 0. The van der Waals surface area contributed by atoms with Crippen LogP contribution in [0.25, 0.3) is 0 Å². The molecule has 0 radical (unpaired) electrons. The maximum absolute atomic E-state index is 8.53. The SMILES string of the molecule is COC1(CO)CC1. The minimum atomic E-state index is -0.111. The Balaban J connectivity index is 2.28. The van der Waals surface area contributed by atoms with Crippen molar-refractivity contribution in [3.05, 3.63) is 0 Å². The van der Waals surface area contributed by atoms with E-state index in [1.54, 1.807) is 7.11 Å². The second kappa shape index (κ2) is 1.46. The van der Waals surface area contributed by atoms with Crippen LogP contribution in [0.4, 0.5) is 0 Å². The van der Waals surface area contributed by atoms with E-state index in [2.05, 4.69) is 0 Å². The monoisotopic (exact) mass is 102 g/mol. The molecule has 42 valence electrons. The van der Waals surface area contributed by atoms with E-state index in [4.69, 9.17) is 9.84 Å². The Morgan fingerprint density at radius 3 is 2.29 bits per heavy atom. The van der Waals surface area contributed by atoms with E-state index in [9.17, 15) is 0 Å². The van der Waals surface area contributed by atoms with E-state index < -0.39 is 0 Å². The van der Waals surface area contributed by atoms with Crippen LogP contribution in [-0.4, -0.2) is 24.4 Å². The van der Waals surface area contributed by atoms with E-state index in [1.807, 2.05) is 0 Å². The molecule has 0 aliphatic heterocycles. The van der Waals surface area contributed by atoms with Crippen LogP contribution in [0, 0.1) is 0 Å². The molecule has 0 aromatic heterocycles. The summed E-state index contributed by atoms with van der Waals surface area (Å²) in [7, 11) is 1.64. The highest BCUT2D eigenvalue weighted by molar-refractivity contribution is 4.94. The van der Waals surface area contributed by atoms with E-state index >= 15 is 0 Å². The third-order valence-corrected chi connectivity index (χ3v) is 1.53. The van der Waals surface area contributed by atoms with Crippen LogP contribution in [0.1, 0.15) is 12.8 Å². The molecular formula is C5H10O2. The summed E-state index contributed by atoms with van der Waals surface area (Å²) in [4.78, 5) is 0. The molecular weight excluding hydrogens is 92.1 g/mol. The maximum atomic E-state index is 8.53. The van der Waals surface area contributed by atoms with Gasteiger partial charge in [-0.25, -0.2) is 0 Å². The van der Waals surface area contributed by atoms with Gasteiger partial charge in [-0.15, -0.1) is 0 Å². The van der Waals surface area contributed by atoms with E-state index in [0.29, 0.717) is 0 Å². The van der Waals surface area contributed by atoms with Crippen molar-refractivity contribution < 1.29 is 9.84 Å². The van der Waals surface area contributed by atoms with E-state index in [1.165, 1.54) is 0 Å². The molecule has 0 atom stereocenters. The summed E-state index contributed by atoms with van der Waals surface area (Å²) in [6.07, 6.45) is 2.06. The Morgan fingerprint density at radius 1 is 1.71 bits per heavy atom. The third-order valence-electron chi connectivity index (χ3n) is 1.53. The number of hydrogen-bond acceptors (Lipinski definition) is 2.